The minimum absolute atomic E-state index is 0.0696. The van der Waals surface area contributed by atoms with Crippen molar-refractivity contribution in [3.63, 3.8) is 0 Å². The average Bonchev–Trinajstić information content (AvgIpc) is 3.16. The van der Waals surface area contributed by atoms with E-state index in [0.29, 0.717) is 35.7 Å². The van der Waals surface area contributed by atoms with E-state index in [1.807, 2.05) is 0 Å². The van der Waals surface area contributed by atoms with Gasteiger partial charge in [0, 0.05) is 30.1 Å². The second-order valence-corrected chi connectivity index (χ2v) is 6.99. The van der Waals surface area contributed by atoms with Crippen LogP contribution in [-0.2, 0) is 6.54 Å². The monoisotopic (exact) mass is 389 g/mol. The zero-order valence-corrected chi connectivity index (χ0v) is 15.3. The van der Waals surface area contributed by atoms with Gasteiger partial charge in [-0.2, -0.15) is 8.78 Å². The van der Waals surface area contributed by atoms with Crippen LogP contribution in [0, 0.1) is 5.92 Å². The fourth-order valence-electron chi connectivity index (χ4n) is 3.78. The number of para-hydroxylation sites is 1. The number of hydrogen-bond donors (Lipinski definition) is 0. The molecule has 0 amide bonds. The van der Waals surface area contributed by atoms with Crippen molar-refractivity contribution in [1.29, 1.82) is 0 Å². The predicted octanol–water partition coefficient (Wildman–Crippen LogP) is 4.11. The van der Waals surface area contributed by atoms with E-state index >= 15 is 0 Å². The van der Waals surface area contributed by atoms with Gasteiger partial charge in [-0.3, -0.25) is 9.69 Å². The molecule has 1 fully saturated rings. The maximum Gasteiger partial charge on any atom is 0.387 e. The van der Waals surface area contributed by atoms with Crippen molar-refractivity contribution >= 4 is 5.78 Å². The van der Waals surface area contributed by atoms with Crippen molar-refractivity contribution in [1.82, 2.24) is 4.90 Å². The Bertz CT molecular complexity index is 858. The van der Waals surface area contributed by atoms with Gasteiger partial charge in [-0.1, -0.05) is 18.2 Å². The Labute approximate surface area is 161 Å². The Balaban J connectivity index is 1.44. The fraction of sp³-hybridized carbons (Fsp3) is 0.381. The van der Waals surface area contributed by atoms with E-state index in [2.05, 4.69) is 9.64 Å². The lowest BCUT2D eigenvalue weighted by molar-refractivity contribution is -0.0508. The highest BCUT2D eigenvalue weighted by molar-refractivity contribution is 5.98. The Morgan fingerprint density at radius 1 is 1.18 bits per heavy atom. The van der Waals surface area contributed by atoms with Gasteiger partial charge < -0.3 is 14.2 Å². The molecule has 28 heavy (non-hydrogen) atoms. The normalized spacial score (nSPS) is 19.0. The standard InChI is InChI=1S/C21H21F2NO4/c22-21(23)28-17-6-2-1-4-15(17)11-24-9-3-5-16(12-24)20(25)14-7-8-18-19(10-14)27-13-26-18/h1-2,4,6-8,10,16,21H,3,5,9,11-13H2/t16-/m1/s1. The van der Waals surface area contributed by atoms with Gasteiger partial charge in [0.1, 0.15) is 5.75 Å². The molecule has 148 valence electrons. The topological polar surface area (TPSA) is 48.0 Å². The largest absolute Gasteiger partial charge is 0.454 e. The maximum absolute atomic E-state index is 13.0. The van der Waals surface area contributed by atoms with Gasteiger partial charge in [-0.05, 0) is 43.7 Å². The first-order valence-electron chi connectivity index (χ1n) is 9.29. The number of carbonyl (C=O) groups excluding carboxylic acids is 1. The van der Waals surface area contributed by atoms with Crippen LogP contribution in [-0.4, -0.2) is 37.2 Å². The summed E-state index contributed by atoms with van der Waals surface area (Å²) < 4.78 is 40.5. The Morgan fingerprint density at radius 3 is 2.86 bits per heavy atom. The zero-order valence-electron chi connectivity index (χ0n) is 15.3. The molecule has 2 aromatic rings. The number of ether oxygens (including phenoxy) is 3. The van der Waals surface area contributed by atoms with E-state index in [1.165, 1.54) is 0 Å². The summed E-state index contributed by atoms with van der Waals surface area (Å²) in [5.41, 5.74) is 1.30. The molecule has 4 rings (SSSR count). The first kappa shape index (κ1) is 18.7. The molecule has 0 unspecified atom stereocenters. The van der Waals surface area contributed by atoms with Crippen molar-refractivity contribution in [2.24, 2.45) is 5.92 Å². The van der Waals surface area contributed by atoms with Crippen LogP contribution in [0.1, 0.15) is 28.8 Å². The van der Waals surface area contributed by atoms with Crippen LogP contribution in [0.4, 0.5) is 8.78 Å². The number of hydrogen-bond acceptors (Lipinski definition) is 5. The second-order valence-electron chi connectivity index (χ2n) is 6.99. The maximum atomic E-state index is 13.0. The van der Waals surface area contributed by atoms with Crippen LogP contribution in [0.25, 0.3) is 0 Å². The molecular weight excluding hydrogens is 368 g/mol. The van der Waals surface area contributed by atoms with Crippen LogP contribution < -0.4 is 14.2 Å². The zero-order chi connectivity index (χ0) is 19.5. The smallest absolute Gasteiger partial charge is 0.387 e. The lowest BCUT2D eigenvalue weighted by atomic mass is 9.89. The Hall–Kier alpha value is -2.67. The molecule has 0 saturated carbocycles. The number of ketones is 1. The Kier molecular flexibility index (Phi) is 5.43. The lowest BCUT2D eigenvalue weighted by Gasteiger charge is -2.32. The molecule has 1 atom stereocenters. The van der Waals surface area contributed by atoms with Crippen LogP contribution in [0.2, 0.25) is 0 Å². The van der Waals surface area contributed by atoms with E-state index < -0.39 is 6.61 Å². The third-order valence-corrected chi connectivity index (χ3v) is 5.12. The van der Waals surface area contributed by atoms with Gasteiger partial charge in [-0.15, -0.1) is 0 Å². The first-order chi connectivity index (χ1) is 13.6. The molecule has 2 aromatic carbocycles. The summed E-state index contributed by atoms with van der Waals surface area (Å²) in [5, 5.41) is 0. The van der Waals surface area contributed by atoms with Gasteiger partial charge in [0.2, 0.25) is 6.79 Å². The van der Waals surface area contributed by atoms with E-state index in [-0.39, 0.29) is 24.2 Å². The minimum atomic E-state index is -2.86. The summed E-state index contributed by atoms with van der Waals surface area (Å²) in [7, 11) is 0. The van der Waals surface area contributed by atoms with Crippen molar-refractivity contribution in [3.05, 3.63) is 53.6 Å². The number of carbonyl (C=O) groups is 1. The molecule has 2 aliphatic heterocycles. The van der Waals surface area contributed by atoms with E-state index in [1.54, 1.807) is 42.5 Å². The molecular formula is C21H21F2NO4. The summed E-state index contributed by atoms with van der Waals surface area (Å²) >= 11 is 0. The molecule has 0 aliphatic carbocycles. The van der Waals surface area contributed by atoms with E-state index in [0.717, 1.165) is 19.4 Å². The summed E-state index contributed by atoms with van der Waals surface area (Å²) in [6.07, 6.45) is 1.68. The number of halogens is 2. The summed E-state index contributed by atoms with van der Waals surface area (Å²) in [6.45, 7) is -0.828. The van der Waals surface area contributed by atoms with Crippen LogP contribution in [0.5, 0.6) is 17.2 Å². The van der Waals surface area contributed by atoms with Crippen LogP contribution >= 0.6 is 0 Å². The highest BCUT2D eigenvalue weighted by atomic mass is 19.3. The number of fused-ring (bicyclic) bond motifs is 1. The van der Waals surface area contributed by atoms with Crippen molar-refractivity contribution < 1.29 is 27.8 Å². The number of rotatable bonds is 6. The number of likely N-dealkylation sites (tertiary alicyclic amines) is 1. The van der Waals surface area contributed by atoms with Gasteiger partial charge in [0.15, 0.2) is 17.3 Å². The van der Waals surface area contributed by atoms with Crippen molar-refractivity contribution in [2.75, 3.05) is 19.9 Å². The van der Waals surface area contributed by atoms with Gasteiger partial charge in [0.05, 0.1) is 0 Å². The van der Waals surface area contributed by atoms with Gasteiger partial charge >= 0.3 is 6.61 Å². The number of Topliss-reactive ketones (excluding diaryl/α,β-unsaturated/α-hetero) is 1. The molecule has 2 heterocycles. The van der Waals surface area contributed by atoms with Crippen molar-refractivity contribution in [3.8, 4) is 17.2 Å². The van der Waals surface area contributed by atoms with Crippen molar-refractivity contribution in [2.45, 2.75) is 26.0 Å². The molecule has 0 bridgehead atoms. The number of alkyl halides is 2. The van der Waals surface area contributed by atoms with Crippen LogP contribution in [0.3, 0.4) is 0 Å². The first-order valence-corrected chi connectivity index (χ1v) is 9.29. The number of nitrogens with zero attached hydrogens (tertiary/aromatic N) is 1. The molecule has 0 aromatic heterocycles. The molecule has 5 nitrogen and oxygen atoms in total. The fourth-order valence-corrected chi connectivity index (χ4v) is 3.78. The third-order valence-electron chi connectivity index (χ3n) is 5.12. The van der Waals surface area contributed by atoms with Gasteiger partial charge in [-0.25, -0.2) is 0 Å². The molecule has 0 radical (unpaired) electrons. The second kappa shape index (κ2) is 8.14. The number of benzene rings is 2. The molecule has 0 N–H and O–H groups in total. The summed E-state index contributed by atoms with van der Waals surface area (Å²) in [4.78, 5) is 15.1. The molecule has 1 saturated heterocycles. The van der Waals surface area contributed by atoms with Gasteiger partial charge in [0.25, 0.3) is 0 Å². The van der Waals surface area contributed by atoms with E-state index in [4.69, 9.17) is 9.47 Å². The minimum Gasteiger partial charge on any atom is -0.454 e. The SMILES string of the molecule is O=C(c1ccc2c(c1)OCO2)[C@@H]1CCCN(Cc2ccccc2OC(F)F)C1. The molecule has 0 spiro atoms. The van der Waals surface area contributed by atoms with Crippen LogP contribution in [0.15, 0.2) is 42.5 Å². The lowest BCUT2D eigenvalue weighted by Crippen LogP contribution is -2.38. The highest BCUT2D eigenvalue weighted by Gasteiger charge is 2.28. The average molecular weight is 389 g/mol. The summed E-state index contributed by atoms with van der Waals surface area (Å²) in [6, 6.07) is 12.0. The quantitative estimate of drug-likeness (QED) is 0.696. The van der Waals surface area contributed by atoms with E-state index in [9.17, 15) is 13.6 Å². The highest BCUT2D eigenvalue weighted by Crippen LogP contribution is 2.34. The Morgan fingerprint density at radius 2 is 2.00 bits per heavy atom. The third kappa shape index (κ3) is 4.09. The molecule has 2 aliphatic rings. The number of piperidine rings is 1. The predicted molar refractivity (Wildman–Crippen MR) is 98.0 cm³/mol. The summed E-state index contributed by atoms with van der Waals surface area (Å²) in [5.74, 6) is 1.35. The molecule has 7 heteroatoms.